The number of rotatable bonds is 6. The molecule has 1 aliphatic heterocycles. The second kappa shape index (κ2) is 6.43. The molecule has 1 aromatic heterocycles. The molecular weight excluding hydrogens is 322 g/mol. The van der Waals surface area contributed by atoms with Gasteiger partial charge in [-0.15, -0.1) is 0 Å². The number of ether oxygens (including phenoxy) is 1. The predicted molar refractivity (Wildman–Crippen MR) is 90.3 cm³/mol. The third-order valence-electron chi connectivity index (χ3n) is 4.49. The number of aromatic nitrogens is 1. The van der Waals surface area contributed by atoms with Gasteiger partial charge in [-0.1, -0.05) is 19.1 Å². The number of methoxy groups -OCH3 is 1. The smallest absolute Gasteiger partial charge is 0.325 e. The maximum absolute atomic E-state index is 13.0. The lowest BCUT2D eigenvalue weighted by molar-refractivity contribution is -0.131. The quantitative estimate of drug-likeness (QED) is 0.621. The van der Waals surface area contributed by atoms with E-state index in [0.29, 0.717) is 23.4 Å². The summed E-state index contributed by atoms with van der Waals surface area (Å²) < 4.78 is 5.13. The number of carbonyl (C=O) groups is 3. The fourth-order valence-electron chi connectivity index (χ4n) is 3.02. The van der Waals surface area contributed by atoms with Crippen molar-refractivity contribution in [2.45, 2.75) is 18.9 Å². The number of imide groups is 1. The number of amides is 3. The van der Waals surface area contributed by atoms with Crippen LogP contribution in [0.2, 0.25) is 0 Å². The molecule has 0 saturated carbocycles. The molecule has 1 fully saturated rings. The first-order valence-corrected chi connectivity index (χ1v) is 7.97. The highest BCUT2D eigenvalue weighted by Gasteiger charge is 2.51. The van der Waals surface area contributed by atoms with Gasteiger partial charge >= 0.3 is 6.03 Å². The van der Waals surface area contributed by atoms with Crippen LogP contribution < -0.4 is 10.1 Å². The molecular formula is C18H19N3O4. The van der Waals surface area contributed by atoms with Crippen molar-refractivity contribution in [3.8, 4) is 5.75 Å². The molecule has 1 aliphatic rings. The zero-order valence-electron chi connectivity index (χ0n) is 14.0. The van der Waals surface area contributed by atoms with E-state index in [1.54, 1.807) is 49.7 Å². The van der Waals surface area contributed by atoms with Gasteiger partial charge in [-0.2, -0.15) is 0 Å². The van der Waals surface area contributed by atoms with Crippen LogP contribution in [0.3, 0.4) is 0 Å². The summed E-state index contributed by atoms with van der Waals surface area (Å²) >= 11 is 0. The molecule has 7 nitrogen and oxygen atoms in total. The fourth-order valence-corrected chi connectivity index (χ4v) is 3.02. The molecule has 3 amide bonds. The molecule has 130 valence electrons. The highest BCUT2D eigenvalue weighted by molar-refractivity contribution is 6.11. The Morgan fingerprint density at radius 3 is 2.48 bits per heavy atom. The highest BCUT2D eigenvalue weighted by atomic mass is 16.5. The number of nitrogens with zero attached hydrogens (tertiary/aromatic N) is 1. The van der Waals surface area contributed by atoms with E-state index in [9.17, 15) is 14.4 Å². The largest absolute Gasteiger partial charge is 0.497 e. The minimum atomic E-state index is -1.17. The number of hydrogen-bond donors (Lipinski definition) is 2. The molecule has 1 aromatic carbocycles. The lowest BCUT2D eigenvalue weighted by Crippen LogP contribution is -2.43. The molecule has 0 aliphatic carbocycles. The van der Waals surface area contributed by atoms with Crippen molar-refractivity contribution in [1.29, 1.82) is 0 Å². The topological polar surface area (TPSA) is 91.5 Å². The van der Waals surface area contributed by atoms with Crippen molar-refractivity contribution in [3.05, 3.63) is 53.9 Å². The second-order valence-electron chi connectivity index (χ2n) is 5.82. The van der Waals surface area contributed by atoms with Gasteiger partial charge in [0.05, 0.1) is 19.3 Å². The lowest BCUT2D eigenvalue weighted by Gasteiger charge is -2.25. The number of benzene rings is 1. The van der Waals surface area contributed by atoms with Gasteiger partial charge in [0.2, 0.25) is 0 Å². The summed E-state index contributed by atoms with van der Waals surface area (Å²) in [4.78, 5) is 41.4. The maximum atomic E-state index is 13.0. The van der Waals surface area contributed by atoms with Gasteiger partial charge in [0.15, 0.2) is 5.78 Å². The van der Waals surface area contributed by atoms with Crippen molar-refractivity contribution in [2.75, 3.05) is 13.7 Å². The van der Waals surface area contributed by atoms with Crippen LogP contribution in [0.5, 0.6) is 5.75 Å². The first-order chi connectivity index (χ1) is 12.0. The Labute approximate surface area is 145 Å². The number of hydrogen-bond acceptors (Lipinski definition) is 4. The third kappa shape index (κ3) is 2.77. The molecule has 1 atom stereocenters. The highest BCUT2D eigenvalue weighted by Crippen LogP contribution is 2.33. The Morgan fingerprint density at radius 2 is 1.92 bits per heavy atom. The van der Waals surface area contributed by atoms with Crippen LogP contribution in [-0.4, -0.2) is 41.3 Å². The monoisotopic (exact) mass is 341 g/mol. The van der Waals surface area contributed by atoms with Gasteiger partial charge in [-0.3, -0.25) is 14.5 Å². The summed E-state index contributed by atoms with van der Waals surface area (Å²) in [6.45, 7) is 1.52. The molecule has 3 rings (SSSR count). The molecule has 1 saturated heterocycles. The Kier molecular flexibility index (Phi) is 4.31. The van der Waals surface area contributed by atoms with E-state index in [4.69, 9.17) is 4.74 Å². The number of aromatic amines is 1. The van der Waals surface area contributed by atoms with Gasteiger partial charge < -0.3 is 15.0 Å². The number of Topliss-reactive ketones (excluding diaryl/α,β-unsaturated/α-hetero) is 1. The summed E-state index contributed by atoms with van der Waals surface area (Å²) in [6.07, 6.45) is 1.99. The Balaban J connectivity index is 1.88. The minimum Gasteiger partial charge on any atom is -0.497 e. The predicted octanol–water partition coefficient (Wildman–Crippen LogP) is 2.06. The molecule has 2 heterocycles. The molecule has 0 spiro atoms. The van der Waals surface area contributed by atoms with Crippen molar-refractivity contribution in [2.24, 2.45) is 0 Å². The zero-order valence-corrected chi connectivity index (χ0v) is 14.0. The van der Waals surface area contributed by atoms with Gasteiger partial charge in [0, 0.05) is 6.20 Å². The van der Waals surface area contributed by atoms with E-state index in [1.165, 1.54) is 0 Å². The van der Waals surface area contributed by atoms with E-state index in [0.717, 1.165) is 4.90 Å². The average molecular weight is 341 g/mol. The molecule has 2 N–H and O–H groups in total. The number of H-pyrrole nitrogens is 1. The normalized spacial score (nSPS) is 19.8. The van der Waals surface area contributed by atoms with Gasteiger partial charge in [0.1, 0.15) is 11.3 Å². The number of nitrogens with one attached hydrogen (secondary N) is 2. The minimum absolute atomic E-state index is 0.302. The molecule has 0 radical (unpaired) electrons. The zero-order chi connectivity index (χ0) is 18.0. The van der Waals surface area contributed by atoms with Crippen LogP contribution in [0.4, 0.5) is 4.79 Å². The Morgan fingerprint density at radius 1 is 1.20 bits per heavy atom. The summed E-state index contributed by atoms with van der Waals surface area (Å²) in [5.74, 6) is -0.0919. The number of carbonyl (C=O) groups excluding carboxylic acids is 3. The van der Waals surface area contributed by atoms with E-state index in [1.807, 2.05) is 6.92 Å². The number of ketones is 1. The van der Waals surface area contributed by atoms with E-state index in [-0.39, 0.29) is 12.3 Å². The standard InChI is InChI=1S/C18H19N3O4/c1-3-18(12-6-8-13(25-2)9-7-12)16(23)21(17(24)20-18)11-15(22)14-5-4-10-19-14/h4-10,19H,3,11H2,1-2H3,(H,20,24)/t18-/m0/s1. The van der Waals surface area contributed by atoms with E-state index < -0.39 is 17.5 Å². The Hall–Kier alpha value is -3.09. The first-order valence-electron chi connectivity index (χ1n) is 7.97. The van der Waals surface area contributed by atoms with Crippen molar-refractivity contribution in [3.63, 3.8) is 0 Å². The van der Waals surface area contributed by atoms with Crippen LogP contribution in [0.25, 0.3) is 0 Å². The maximum Gasteiger partial charge on any atom is 0.325 e. The van der Waals surface area contributed by atoms with Crippen molar-refractivity contribution >= 4 is 17.7 Å². The number of urea groups is 1. The van der Waals surface area contributed by atoms with Gasteiger partial charge in [-0.25, -0.2) is 4.79 Å². The van der Waals surface area contributed by atoms with Crippen LogP contribution in [0.1, 0.15) is 29.4 Å². The van der Waals surface area contributed by atoms with E-state index in [2.05, 4.69) is 10.3 Å². The molecule has 2 aromatic rings. The fraction of sp³-hybridized carbons (Fsp3) is 0.278. The first kappa shape index (κ1) is 16.8. The van der Waals surface area contributed by atoms with Crippen LogP contribution in [-0.2, 0) is 10.3 Å². The summed E-state index contributed by atoms with van der Waals surface area (Å²) in [5.41, 5.74) is -0.151. The summed E-state index contributed by atoms with van der Waals surface area (Å²) in [6, 6.07) is 9.69. The Bertz CT molecular complexity index is 798. The molecule has 7 heteroatoms. The average Bonchev–Trinajstić information content (AvgIpc) is 3.25. The van der Waals surface area contributed by atoms with Gasteiger partial charge in [0.25, 0.3) is 5.91 Å². The summed E-state index contributed by atoms with van der Waals surface area (Å²) in [5, 5.41) is 2.76. The molecule has 0 unspecified atom stereocenters. The van der Waals surface area contributed by atoms with Crippen LogP contribution in [0, 0.1) is 0 Å². The van der Waals surface area contributed by atoms with E-state index >= 15 is 0 Å². The van der Waals surface area contributed by atoms with Crippen molar-refractivity contribution in [1.82, 2.24) is 15.2 Å². The molecule has 25 heavy (non-hydrogen) atoms. The van der Waals surface area contributed by atoms with Gasteiger partial charge in [-0.05, 0) is 36.2 Å². The SMILES string of the molecule is CC[C@@]1(c2ccc(OC)cc2)NC(=O)N(CC(=O)c2ccc[nH]2)C1=O. The lowest BCUT2D eigenvalue weighted by atomic mass is 9.87. The van der Waals surface area contributed by atoms with Crippen molar-refractivity contribution < 1.29 is 19.1 Å². The third-order valence-corrected chi connectivity index (χ3v) is 4.49. The van der Waals surface area contributed by atoms with Crippen LogP contribution in [0.15, 0.2) is 42.6 Å². The second-order valence-corrected chi connectivity index (χ2v) is 5.82. The summed E-state index contributed by atoms with van der Waals surface area (Å²) in [7, 11) is 1.56. The molecule has 0 bridgehead atoms. The van der Waals surface area contributed by atoms with Crippen LogP contribution >= 0.6 is 0 Å².